The molecule has 2 amide bonds. The molecule has 2 atom stereocenters. The van der Waals surface area contributed by atoms with Gasteiger partial charge in [0.25, 0.3) is 0 Å². The number of benzene rings is 1. The van der Waals surface area contributed by atoms with Crippen LogP contribution in [0.4, 0.5) is 11.5 Å². The van der Waals surface area contributed by atoms with Crippen LogP contribution in [0.3, 0.4) is 0 Å². The highest BCUT2D eigenvalue weighted by Gasteiger charge is 2.42. The largest absolute Gasteiger partial charge is 0.310 e. The third-order valence-electron chi connectivity index (χ3n) is 5.33. The van der Waals surface area contributed by atoms with E-state index in [0.717, 1.165) is 21.7 Å². The number of nitrogens with zero attached hydrogens (tertiary/aromatic N) is 2. The molecule has 29 heavy (non-hydrogen) atoms. The van der Waals surface area contributed by atoms with Crippen molar-refractivity contribution in [1.82, 2.24) is 4.98 Å². The monoisotopic (exact) mass is 405 g/mol. The molecule has 148 valence electrons. The van der Waals surface area contributed by atoms with Gasteiger partial charge in [0.1, 0.15) is 5.82 Å². The zero-order chi connectivity index (χ0) is 20.4. The average Bonchev–Trinajstić information content (AvgIpc) is 3.25. The Balaban J connectivity index is 1.71. The van der Waals surface area contributed by atoms with Crippen molar-refractivity contribution in [3.05, 3.63) is 76.1 Å². The molecule has 3 heterocycles. The van der Waals surface area contributed by atoms with Crippen LogP contribution >= 0.6 is 11.3 Å². The van der Waals surface area contributed by atoms with Crippen LogP contribution in [0.5, 0.6) is 0 Å². The van der Waals surface area contributed by atoms with Gasteiger partial charge in [-0.25, -0.2) is 4.98 Å². The van der Waals surface area contributed by atoms with E-state index in [0.29, 0.717) is 18.7 Å². The Morgan fingerprint density at radius 1 is 1.14 bits per heavy atom. The Morgan fingerprint density at radius 3 is 2.62 bits per heavy atom. The summed E-state index contributed by atoms with van der Waals surface area (Å²) in [4.78, 5) is 33.3. The molecule has 2 aromatic heterocycles. The minimum absolute atomic E-state index is 0.0466. The molecule has 1 N–H and O–H groups in total. The fraction of sp³-hybridized carbons (Fsp3) is 0.261. The maximum absolute atomic E-state index is 13.3. The number of hydrogen-bond donors (Lipinski definition) is 1. The molecule has 6 heteroatoms. The van der Waals surface area contributed by atoms with Crippen LogP contribution in [-0.2, 0) is 9.59 Å². The van der Waals surface area contributed by atoms with Crippen LogP contribution in [-0.4, -0.2) is 16.8 Å². The Labute approximate surface area is 174 Å². The lowest BCUT2D eigenvalue weighted by atomic mass is 9.86. The molecule has 0 bridgehead atoms. The number of aryl methyl sites for hydroxylation is 2. The second-order valence-electron chi connectivity index (χ2n) is 7.36. The second kappa shape index (κ2) is 8.17. The number of carbonyl (C=O) groups is 2. The van der Waals surface area contributed by atoms with E-state index in [2.05, 4.69) is 10.3 Å². The lowest BCUT2D eigenvalue weighted by Gasteiger charge is -2.40. The number of hydrogen-bond acceptors (Lipinski definition) is 4. The van der Waals surface area contributed by atoms with E-state index in [1.807, 2.05) is 67.8 Å². The fourth-order valence-electron chi connectivity index (χ4n) is 3.79. The Morgan fingerprint density at radius 2 is 1.93 bits per heavy atom. The minimum Gasteiger partial charge on any atom is -0.310 e. The highest BCUT2D eigenvalue weighted by Crippen LogP contribution is 2.42. The summed E-state index contributed by atoms with van der Waals surface area (Å²) in [6.45, 7) is 3.94. The van der Waals surface area contributed by atoms with E-state index in [4.69, 9.17) is 0 Å². The first kappa shape index (κ1) is 19.3. The van der Waals surface area contributed by atoms with E-state index < -0.39 is 0 Å². The van der Waals surface area contributed by atoms with E-state index in [1.165, 1.54) is 0 Å². The number of aromatic nitrogens is 1. The van der Waals surface area contributed by atoms with Gasteiger partial charge in [0.05, 0.1) is 12.0 Å². The number of rotatable bonds is 4. The number of carbonyl (C=O) groups excluding carboxylic acids is 2. The van der Waals surface area contributed by atoms with Crippen LogP contribution in [0.1, 0.15) is 34.9 Å². The van der Waals surface area contributed by atoms with E-state index >= 15 is 0 Å². The molecule has 0 unspecified atom stereocenters. The van der Waals surface area contributed by atoms with Gasteiger partial charge in [-0.2, -0.15) is 0 Å². The number of amides is 2. The van der Waals surface area contributed by atoms with E-state index in [1.54, 1.807) is 22.4 Å². The first-order valence-electron chi connectivity index (χ1n) is 9.69. The maximum atomic E-state index is 13.3. The lowest BCUT2D eigenvalue weighted by molar-refractivity contribution is -0.125. The predicted molar refractivity (Wildman–Crippen MR) is 116 cm³/mol. The van der Waals surface area contributed by atoms with Gasteiger partial charge in [0, 0.05) is 23.2 Å². The molecule has 0 spiro atoms. The van der Waals surface area contributed by atoms with Crippen LogP contribution in [0.2, 0.25) is 0 Å². The summed E-state index contributed by atoms with van der Waals surface area (Å²) in [5, 5.41) is 4.97. The standard InChI is InChI=1S/C23H23N3O2S/c1-15-7-9-17(10-8-15)26-20(27)12-11-18(21(26)19-6-4-14-29-19)23(28)25-22-16(2)5-3-13-24-22/h3-10,13-14,18,21H,11-12H2,1-2H3,(H,24,25,28)/t18-,21+/m0/s1. The van der Waals surface area contributed by atoms with Crippen LogP contribution in [0.25, 0.3) is 0 Å². The molecular formula is C23H23N3O2S. The highest BCUT2D eigenvalue weighted by molar-refractivity contribution is 7.10. The molecule has 4 rings (SSSR count). The molecule has 1 fully saturated rings. The SMILES string of the molecule is Cc1ccc(N2C(=O)CC[C@H](C(=O)Nc3ncccc3C)[C@@H]2c2cccs2)cc1. The van der Waals surface area contributed by atoms with Gasteiger partial charge in [-0.15, -0.1) is 11.3 Å². The molecule has 1 aliphatic rings. The average molecular weight is 406 g/mol. The summed E-state index contributed by atoms with van der Waals surface area (Å²) in [5.74, 6) is 0.162. The summed E-state index contributed by atoms with van der Waals surface area (Å²) in [7, 11) is 0. The van der Waals surface area contributed by atoms with E-state index in [9.17, 15) is 9.59 Å². The minimum atomic E-state index is -0.353. The quantitative estimate of drug-likeness (QED) is 0.673. The maximum Gasteiger partial charge on any atom is 0.231 e. The van der Waals surface area contributed by atoms with E-state index in [-0.39, 0.29) is 23.8 Å². The summed E-state index contributed by atoms with van der Waals surface area (Å²) in [6, 6.07) is 15.3. The molecule has 1 aliphatic heterocycles. The number of nitrogens with one attached hydrogen (secondary N) is 1. The molecule has 0 aliphatic carbocycles. The van der Waals surface area contributed by atoms with Gasteiger partial charge in [-0.1, -0.05) is 29.8 Å². The summed E-state index contributed by atoms with van der Waals surface area (Å²) < 4.78 is 0. The van der Waals surface area contributed by atoms with Crippen LogP contribution in [0.15, 0.2) is 60.1 Å². The van der Waals surface area contributed by atoms with Crippen molar-refractivity contribution in [2.24, 2.45) is 5.92 Å². The zero-order valence-electron chi connectivity index (χ0n) is 16.5. The number of piperidine rings is 1. The smallest absolute Gasteiger partial charge is 0.231 e. The molecule has 3 aromatic rings. The summed E-state index contributed by atoms with van der Waals surface area (Å²) >= 11 is 1.57. The third-order valence-corrected chi connectivity index (χ3v) is 6.27. The van der Waals surface area contributed by atoms with Crippen molar-refractivity contribution in [3.8, 4) is 0 Å². The number of pyridine rings is 1. The van der Waals surface area contributed by atoms with Crippen molar-refractivity contribution in [2.75, 3.05) is 10.2 Å². The number of thiophene rings is 1. The Hall–Kier alpha value is -2.99. The van der Waals surface area contributed by atoms with Crippen molar-refractivity contribution in [2.45, 2.75) is 32.7 Å². The molecular weight excluding hydrogens is 382 g/mol. The van der Waals surface area contributed by atoms with Crippen LogP contribution < -0.4 is 10.2 Å². The summed E-state index contributed by atoms with van der Waals surface area (Å²) in [5.41, 5.74) is 2.87. The topological polar surface area (TPSA) is 62.3 Å². The third kappa shape index (κ3) is 3.93. The molecule has 5 nitrogen and oxygen atoms in total. The van der Waals surface area contributed by atoms with Crippen molar-refractivity contribution in [1.29, 1.82) is 0 Å². The molecule has 1 aromatic carbocycles. The van der Waals surface area contributed by atoms with Gasteiger partial charge >= 0.3 is 0 Å². The van der Waals surface area contributed by atoms with Crippen molar-refractivity contribution < 1.29 is 9.59 Å². The molecule has 0 radical (unpaired) electrons. The van der Waals surface area contributed by atoms with Crippen molar-refractivity contribution in [3.63, 3.8) is 0 Å². The highest BCUT2D eigenvalue weighted by atomic mass is 32.1. The van der Waals surface area contributed by atoms with Gasteiger partial charge in [-0.05, 0) is 55.5 Å². The van der Waals surface area contributed by atoms with Crippen LogP contribution in [0, 0.1) is 19.8 Å². The van der Waals surface area contributed by atoms with Gasteiger partial charge in [0.15, 0.2) is 0 Å². The first-order valence-corrected chi connectivity index (χ1v) is 10.6. The Bertz CT molecular complexity index is 1010. The van der Waals surface area contributed by atoms with Gasteiger partial charge in [-0.3, -0.25) is 9.59 Å². The summed E-state index contributed by atoms with van der Waals surface area (Å²) in [6.07, 6.45) is 2.53. The lowest BCUT2D eigenvalue weighted by Crippen LogP contribution is -2.46. The zero-order valence-corrected chi connectivity index (χ0v) is 17.3. The first-order chi connectivity index (χ1) is 14.0. The molecule has 0 saturated carbocycles. The van der Waals surface area contributed by atoms with Crippen molar-refractivity contribution >= 4 is 34.7 Å². The number of anilines is 2. The van der Waals surface area contributed by atoms with Gasteiger partial charge < -0.3 is 10.2 Å². The normalized spacial score (nSPS) is 19.2. The Kier molecular flexibility index (Phi) is 5.45. The molecule has 1 saturated heterocycles. The second-order valence-corrected chi connectivity index (χ2v) is 8.34. The fourth-order valence-corrected chi connectivity index (χ4v) is 4.67. The predicted octanol–water partition coefficient (Wildman–Crippen LogP) is 4.88. The van der Waals surface area contributed by atoms with Gasteiger partial charge in [0.2, 0.25) is 11.8 Å².